The van der Waals surface area contributed by atoms with Crippen molar-refractivity contribution in [1.82, 2.24) is 0 Å². The fourth-order valence-corrected chi connectivity index (χ4v) is 3.06. The number of nitrogens with zero attached hydrogens (tertiary/aromatic N) is 1. The standard InChI is InChI=1S/C21H21FN2O5/c1-2-28-18-10-6-4-8-16(18)23-19(25)13-29-21(27)14-11-20(26)24(12-14)17-9-5-3-7-15(17)22/h3-10,14H,2,11-13H2,1H3,(H,23,25)/t14-/m0/s1. The van der Waals surface area contributed by atoms with Crippen LogP contribution in [-0.4, -0.2) is 37.5 Å². The molecule has 0 spiro atoms. The summed E-state index contributed by atoms with van der Waals surface area (Å²) in [4.78, 5) is 37.8. The number of nitrogens with one attached hydrogen (secondary N) is 1. The number of carbonyl (C=O) groups is 3. The van der Waals surface area contributed by atoms with Crippen LogP contribution >= 0.6 is 0 Å². The maximum absolute atomic E-state index is 13.9. The molecule has 1 saturated heterocycles. The van der Waals surface area contributed by atoms with Crippen LogP contribution in [0.3, 0.4) is 0 Å². The Morgan fingerprint density at radius 3 is 2.66 bits per heavy atom. The maximum Gasteiger partial charge on any atom is 0.311 e. The van der Waals surface area contributed by atoms with Gasteiger partial charge < -0.3 is 19.7 Å². The Kier molecular flexibility index (Phi) is 6.43. The molecule has 1 aliphatic rings. The van der Waals surface area contributed by atoms with Gasteiger partial charge in [0.1, 0.15) is 11.6 Å². The van der Waals surface area contributed by atoms with Crippen molar-refractivity contribution >= 4 is 29.2 Å². The van der Waals surface area contributed by atoms with Crippen molar-refractivity contribution in [3.05, 3.63) is 54.3 Å². The van der Waals surface area contributed by atoms with Crippen LogP contribution < -0.4 is 15.0 Å². The largest absolute Gasteiger partial charge is 0.492 e. The summed E-state index contributed by atoms with van der Waals surface area (Å²) in [6.45, 7) is 1.78. The summed E-state index contributed by atoms with van der Waals surface area (Å²) in [5.41, 5.74) is 0.593. The van der Waals surface area contributed by atoms with Crippen LogP contribution in [0, 0.1) is 11.7 Å². The van der Waals surface area contributed by atoms with Gasteiger partial charge in [-0.2, -0.15) is 0 Å². The van der Waals surface area contributed by atoms with E-state index < -0.39 is 30.2 Å². The van der Waals surface area contributed by atoms with Crippen molar-refractivity contribution in [1.29, 1.82) is 0 Å². The number of hydrogen-bond acceptors (Lipinski definition) is 5. The number of anilines is 2. The van der Waals surface area contributed by atoms with Gasteiger partial charge in [0.05, 0.1) is 23.9 Å². The van der Waals surface area contributed by atoms with Crippen LogP contribution in [0.5, 0.6) is 5.75 Å². The van der Waals surface area contributed by atoms with E-state index in [-0.39, 0.29) is 24.6 Å². The van der Waals surface area contributed by atoms with Crippen molar-refractivity contribution in [3.8, 4) is 5.75 Å². The predicted octanol–water partition coefficient (Wildman–Crippen LogP) is 2.76. The fourth-order valence-electron chi connectivity index (χ4n) is 3.06. The Balaban J connectivity index is 1.54. The fraction of sp³-hybridized carbons (Fsp3) is 0.286. The average molecular weight is 400 g/mol. The monoisotopic (exact) mass is 400 g/mol. The normalized spacial score (nSPS) is 15.9. The Bertz CT molecular complexity index is 917. The van der Waals surface area contributed by atoms with Gasteiger partial charge in [0.25, 0.3) is 5.91 Å². The molecule has 1 aliphatic heterocycles. The lowest BCUT2D eigenvalue weighted by Crippen LogP contribution is -2.28. The van der Waals surface area contributed by atoms with Crippen molar-refractivity contribution in [2.24, 2.45) is 5.92 Å². The highest BCUT2D eigenvalue weighted by molar-refractivity contribution is 6.00. The first-order valence-corrected chi connectivity index (χ1v) is 9.22. The highest BCUT2D eigenvalue weighted by Crippen LogP contribution is 2.28. The molecule has 29 heavy (non-hydrogen) atoms. The molecule has 2 aromatic carbocycles. The number of hydrogen-bond donors (Lipinski definition) is 1. The molecule has 3 rings (SSSR count). The van der Waals surface area contributed by atoms with Gasteiger partial charge in [-0.15, -0.1) is 0 Å². The molecule has 0 radical (unpaired) electrons. The third-order valence-corrected chi connectivity index (χ3v) is 4.41. The quantitative estimate of drug-likeness (QED) is 0.723. The van der Waals surface area contributed by atoms with Crippen LogP contribution in [-0.2, 0) is 19.1 Å². The summed E-state index contributed by atoms with van der Waals surface area (Å²) in [6, 6.07) is 12.8. The summed E-state index contributed by atoms with van der Waals surface area (Å²) in [5, 5.41) is 2.62. The topological polar surface area (TPSA) is 84.9 Å². The number of benzene rings is 2. The third-order valence-electron chi connectivity index (χ3n) is 4.41. The van der Waals surface area contributed by atoms with Crippen LogP contribution in [0.4, 0.5) is 15.8 Å². The number of rotatable bonds is 7. The molecule has 0 saturated carbocycles. The van der Waals surface area contributed by atoms with E-state index in [0.717, 1.165) is 0 Å². The number of carbonyl (C=O) groups excluding carboxylic acids is 3. The molecule has 1 N–H and O–H groups in total. The van der Waals surface area contributed by atoms with E-state index >= 15 is 0 Å². The van der Waals surface area contributed by atoms with Gasteiger partial charge in [-0.1, -0.05) is 24.3 Å². The minimum absolute atomic E-state index is 0.00733. The van der Waals surface area contributed by atoms with Crippen LogP contribution in [0.1, 0.15) is 13.3 Å². The summed E-state index contributed by atoms with van der Waals surface area (Å²) in [6.07, 6.45) is -0.0953. The first-order valence-electron chi connectivity index (χ1n) is 9.22. The molecule has 1 heterocycles. The van der Waals surface area contributed by atoms with E-state index in [4.69, 9.17) is 9.47 Å². The molecule has 2 aromatic rings. The Hall–Kier alpha value is -3.42. The molecule has 0 aliphatic carbocycles. The summed E-state index contributed by atoms with van der Waals surface area (Å²) < 4.78 is 24.4. The number of esters is 1. The molecule has 0 unspecified atom stereocenters. The van der Waals surface area contributed by atoms with E-state index in [1.165, 1.54) is 23.1 Å². The highest BCUT2D eigenvalue weighted by atomic mass is 19.1. The van der Waals surface area contributed by atoms with Crippen molar-refractivity contribution < 1.29 is 28.2 Å². The van der Waals surface area contributed by atoms with Gasteiger partial charge in [-0.25, -0.2) is 4.39 Å². The zero-order chi connectivity index (χ0) is 20.8. The predicted molar refractivity (Wildman–Crippen MR) is 104 cm³/mol. The summed E-state index contributed by atoms with van der Waals surface area (Å²) in [7, 11) is 0. The minimum atomic E-state index is -0.759. The van der Waals surface area contributed by atoms with E-state index in [1.54, 1.807) is 30.3 Å². The van der Waals surface area contributed by atoms with E-state index in [0.29, 0.717) is 18.0 Å². The smallest absolute Gasteiger partial charge is 0.311 e. The Morgan fingerprint density at radius 2 is 1.90 bits per heavy atom. The number of para-hydroxylation sites is 3. The Labute approximate surface area is 167 Å². The SMILES string of the molecule is CCOc1ccccc1NC(=O)COC(=O)[C@H]1CC(=O)N(c2ccccc2F)C1. The molecule has 8 heteroatoms. The molecule has 0 bridgehead atoms. The lowest BCUT2D eigenvalue weighted by Gasteiger charge is -2.17. The average Bonchev–Trinajstić information content (AvgIpc) is 3.10. The zero-order valence-corrected chi connectivity index (χ0v) is 15.9. The first kappa shape index (κ1) is 20.3. The molecule has 1 fully saturated rings. The first-order chi connectivity index (χ1) is 14.0. The summed E-state index contributed by atoms with van der Waals surface area (Å²) in [5.74, 6) is -2.36. The number of halogens is 1. The van der Waals surface area contributed by atoms with Crippen molar-refractivity contribution in [3.63, 3.8) is 0 Å². The Morgan fingerprint density at radius 1 is 1.17 bits per heavy atom. The zero-order valence-electron chi connectivity index (χ0n) is 15.9. The van der Waals surface area contributed by atoms with Gasteiger partial charge >= 0.3 is 5.97 Å². The van der Waals surface area contributed by atoms with Gasteiger partial charge in [0.2, 0.25) is 5.91 Å². The van der Waals surface area contributed by atoms with Crippen LogP contribution in [0.15, 0.2) is 48.5 Å². The molecule has 7 nitrogen and oxygen atoms in total. The maximum atomic E-state index is 13.9. The van der Waals surface area contributed by atoms with Crippen molar-refractivity contribution in [2.45, 2.75) is 13.3 Å². The lowest BCUT2D eigenvalue weighted by atomic mass is 10.1. The van der Waals surface area contributed by atoms with Gasteiger partial charge in [-0.3, -0.25) is 14.4 Å². The highest BCUT2D eigenvalue weighted by Gasteiger charge is 2.37. The van der Waals surface area contributed by atoms with Gasteiger partial charge in [0.15, 0.2) is 6.61 Å². The summed E-state index contributed by atoms with van der Waals surface area (Å²) >= 11 is 0. The van der Waals surface area contributed by atoms with E-state index in [1.807, 2.05) is 6.92 Å². The second-order valence-corrected chi connectivity index (χ2v) is 6.44. The minimum Gasteiger partial charge on any atom is -0.492 e. The molecule has 2 amide bonds. The molecule has 1 atom stereocenters. The third kappa shape index (κ3) is 4.90. The second kappa shape index (κ2) is 9.18. The molecule has 152 valence electrons. The number of amides is 2. The van der Waals surface area contributed by atoms with E-state index in [9.17, 15) is 18.8 Å². The molecular weight excluding hydrogens is 379 g/mol. The molecular formula is C21H21FN2O5. The lowest BCUT2D eigenvalue weighted by molar-refractivity contribution is -0.151. The van der Waals surface area contributed by atoms with Crippen molar-refractivity contribution in [2.75, 3.05) is 30.0 Å². The van der Waals surface area contributed by atoms with Crippen LogP contribution in [0.2, 0.25) is 0 Å². The van der Waals surface area contributed by atoms with E-state index in [2.05, 4.69) is 5.32 Å². The van der Waals surface area contributed by atoms with Gasteiger partial charge in [-0.05, 0) is 31.2 Å². The van der Waals surface area contributed by atoms with Gasteiger partial charge in [0, 0.05) is 13.0 Å². The number of ether oxygens (including phenoxy) is 2. The molecule has 0 aromatic heterocycles. The van der Waals surface area contributed by atoms with Crippen LogP contribution in [0.25, 0.3) is 0 Å². The second-order valence-electron chi connectivity index (χ2n) is 6.44.